The molecule has 198 valence electrons. The lowest BCUT2D eigenvalue weighted by atomic mass is 9.56. The molecule has 3 aromatic rings. The molecule has 0 amide bonds. The van der Waals surface area contributed by atoms with Crippen LogP contribution in [0.5, 0.6) is 5.75 Å². The third kappa shape index (κ3) is 3.94. The molecule has 0 radical (unpaired) electrons. The van der Waals surface area contributed by atoms with E-state index in [0.29, 0.717) is 5.41 Å². The lowest BCUT2D eigenvalue weighted by molar-refractivity contribution is 0.00578. The Kier molecular flexibility index (Phi) is 5.60. The van der Waals surface area contributed by atoms with Gasteiger partial charge < -0.3 is 14.0 Å². The quantitative estimate of drug-likeness (QED) is 0.339. The van der Waals surface area contributed by atoms with Crippen molar-refractivity contribution in [1.82, 2.24) is 0 Å². The van der Waals surface area contributed by atoms with Gasteiger partial charge in [-0.15, -0.1) is 0 Å². The van der Waals surface area contributed by atoms with Crippen molar-refractivity contribution in [3.05, 3.63) is 60.2 Å². The largest absolute Gasteiger partial charge is 0.496 e. The Balaban J connectivity index is 1.23. The standard InChI is InChI=1S/C34H41BO3/c1-32(2)33(3,4)38-35(37-32)29-12-10-26-16-25(8-9-27(26)17-29)28-11-13-31(36-5)30(18-28)34-19-22-6-7-23(20-34)15-24(14-22)21-34/h8-13,16-18,22-24H,6-7,14-15,19-21H2,1-5H3. The average molecular weight is 509 g/mol. The number of hydrogen-bond acceptors (Lipinski definition) is 3. The molecule has 1 heterocycles. The van der Waals surface area contributed by atoms with Gasteiger partial charge in [0.05, 0.1) is 18.3 Å². The van der Waals surface area contributed by atoms with Crippen LogP contribution in [0, 0.1) is 17.8 Å². The number of methoxy groups -OCH3 is 1. The Morgan fingerprint density at radius 2 is 1.29 bits per heavy atom. The van der Waals surface area contributed by atoms with E-state index in [-0.39, 0.29) is 18.3 Å². The first-order valence-corrected chi connectivity index (χ1v) is 14.7. The summed E-state index contributed by atoms with van der Waals surface area (Å²) >= 11 is 0. The summed E-state index contributed by atoms with van der Waals surface area (Å²) in [5, 5.41) is 2.46. The SMILES string of the molecule is COc1ccc(-c2ccc3cc(B4OC(C)(C)C(C)(C)O4)ccc3c2)cc1C12CC3CCC(CC(C3)C1)C2. The molecule has 0 spiro atoms. The monoisotopic (exact) mass is 508 g/mol. The van der Waals surface area contributed by atoms with E-state index in [1.54, 1.807) is 0 Å². The van der Waals surface area contributed by atoms with Crippen molar-refractivity contribution < 1.29 is 14.0 Å². The smallest absolute Gasteiger partial charge is 0.494 e. The predicted molar refractivity (Wildman–Crippen MR) is 156 cm³/mol. The van der Waals surface area contributed by atoms with Crippen LogP contribution in [0.1, 0.15) is 78.2 Å². The van der Waals surface area contributed by atoms with Crippen LogP contribution in [0.25, 0.3) is 21.9 Å². The fraction of sp³-hybridized carbons (Fsp3) is 0.529. The van der Waals surface area contributed by atoms with Gasteiger partial charge in [-0.2, -0.15) is 0 Å². The third-order valence-corrected chi connectivity index (χ3v) is 10.8. The van der Waals surface area contributed by atoms with Gasteiger partial charge in [-0.05, 0) is 129 Å². The van der Waals surface area contributed by atoms with E-state index in [4.69, 9.17) is 14.0 Å². The Hall–Kier alpha value is -2.30. The molecule has 4 saturated carbocycles. The van der Waals surface area contributed by atoms with Crippen molar-refractivity contribution in [2.24, 2.45) is 17.8 Å². The van der Waals surface area contributed by atoms with Crippen molar-refractivity contribution in [2.45, 2.75) is 89.3 Å². The molecular formula is C34H41BO3. The Morgan fingerprint density at radius 1 is 0.711 bits per heavy atom. The molecule has 3 aromatic carbocycles. The number of ether oxygens (including phenoxy) is 1. The summed E-state index contributed by atoms with van der Waals surface area (Å²) in [4.78, 5) is 0. The maximum absolute atomic E-state index is 6.30. The zero-order valence-electron chi connectivity index (χ0n) is 23.7. The maximum Gasteiger partial charge on any atom is 0.494 e. The second kappa shape index (κ2) is 8.60. The molecular weight excluding hydrogens is 467 g/mol. The molecule has 1 aliphatic heterocycles. The van der Waals surface area contributed by atoms with Crippen LogP contribution in [0.15, 0.2) is 54.6 Å². The molecule has 2 unspecified atom stereocenters. The molecule has 4 aliphatic carbocycles. The lowest BCUT2D eigenvalue weighted by Gasteiger charge is -2.49. The first kappa shape index (κ1) is 24.7. The molecule has 5 aliphatic rings. The van der Waals surface area contributed by atoms with E-state index < -0.39 is 0 Å². The molecule has 38 heavy (non-hydrogen) atoms. The number of rotatable bonds is 4. The zero-order chi connectivity index (χ0) is 26.3. The molecule has 8 rings (SSSR count). The van der Waals surface area contributed by atoms with Crippen LogP contribution < -0.4 is 10.2 Å². The molecule has 5 fully saturated rings. The summed E-state index contributed by atoms with van der Waals surface area (Å²) in [6.07, 6.45) is 9.82. The normalized spacial score (nSPS) is 31.1. The van der Waals surface area contributed by atoms with Crippen molar-refractivity contribution >= 4 is 23.4 Å². The highest BCUT2D eigenvalue weighted by Gasteiger charge is 2.52. The number of hydrogen-bond donors (Lipinski definition) is 0. The summed E-state index contributed by atoms with van der Waals surface area (Å²) in [5.41, 5.74) is 4.74. The average Bonchev–Trinajstić information content (AvgIpc) is 2.98. The van der Waals surface area contributed by atoms with Crippen molar-refractivity contribution in [3.8, 4) is 16.9 Å². The van der Waals surface area contributed by atoms with Crippen LogP contribution in [0.4, 0.5) is 0 Å². The minimum atomic E-state index is -0.336. The van der Waals surface area contributed by atoms with E-state index in [9.17, 15) is 0 Å². The highest BCUT2D eigenvalue weighted by atomic mass is 16.7. The van der Waals surface area contributed by atoms with Gasteiger partial charge in [0, 0.05) is 5.56 Å². The summed E-state index contributed by atoms with van der Waals surface area (Å²) in [5.74, 6) is 3.78. The van der Waals surface area contributed by atoms with Gasteiger partial charge in [0.25, 0.3) is 0 Å². The van der Waals surface area contributed by atoms with Crippen LogP contribution in [0.3, 0.4) is 0 Å². The molecule has 4 bridgehead atoms. The molecule has 0 aromatic heterocycles. The van der Waals surface area contributed by atoms with Gasteiger partial charge >= 0.3 is 7.12 Å². The number of fused-ring (bicyclic) bond motifs is 2. The van der Waals surface area contributed by atoms with E-state index in [2.05, 4.69) is 82.3 Å². The summed E-state index contributed by atoms with van der Waals surface area (Å²) in [7, 11) is 1.51. The highest BCUT2D eigenvalue weighted by molar-refractivity contribution is 6.62. The van der Waals surface area contributed by atoms with Gasteiger partial charge in [-0.25, -0.2) is 0 Å². The molecule has 3 nitrogen and oxygen atoms in total. The second-order valence-electron chi connectivity index (χ2n) is 13.9. The minimum absolute atomic E-state index is 0.295. The fourth-order valence-corrected chi connectivity index (χ4v) is 8.39. The Labute approximate surface area is 228 Å². The number of benzene rings is 3. The van der Waals surface area contributed by atoms with Crippen LogP contribution in [0.2, 0.25) is 0 Å². The predicted octanol–water partition coefficient (Wildman–Crippen LogP) is 7.67. The summed E-state index contributed by atoms with van der Waals surface area (Å²) in [6, 6.07) is 20.4. The van der Waals surface area contributed by atoms with E-state index in [1.807, 2.05) is 7.11 Å². The first-order chi connectivity index (χ1) is 18.1. The Bertz CT molecular complexity index is 1360. The zero-order valence-corrected chi connectivity index (χ0v) is 23.7. The summed E-state index contributed by atoms with van der Waals surface area (Å²) < 4.78 is 18.6. The van der Waals surface area contributed by atoms with Crippen molar-refractivity contribution in [3.63, 3.8) is 0 Å². The van der Waals surface area contributed by atoms with Gasteiger partial charge in [0.15, 0.2) is 0 Å². The van der Waals surface area contributed by atoms with Crippen molar-refractivity contribution in [1.29, 1.82) is 0 Å². The molecule has 2 atom stereocenters. The molecule has 0 N–H and O–H groups in total. The molecule has 4 heteroatoms. The third-order valence-electron chi connectivity index (χ3n) is 10.8. The van der Waals surface area contributed by atoms with Crippen molar-refractivity contribution in [2.75, 3.05) is 7.11 Å². The summed E-state index contributed by atoms with van der Waals surface area (Å²) in [6.45, 7) is 8.42. The van der Waals surface area contributed by atoms with Gasteiger partial charge in [-0.3, -0.25) is 0 Å². The van der Waals surface area contributed by atoms with E-state index in [1.165, 1.54) is 72.4 Å². The topological polar surface area (TPSA) is 27.7 Å². The second-order valence-corrected chi connectivity index (χ2v) is 13.9. The minimum Gasteiger partial charge on any atom is -0.496 e. The Morgan fingerprint density at radius 3 is 1.97 bits per heavy atom. The van der Waals surface area contributed by atoms with Crippen LogP contribution >= 0.6 is 0 Å². The molecule has 1 saturated heterocycles. The fourth-order valence-electron chi connectivity index (χ4n) is 8.39. The van der Waals surface area contributed by atoms with Gasteiger partial charge in [0.1, 0.15) is 5.75 Å². The highest BCUT2D eigenvalue weighted by Crippen LogP contribution is 2.60. The van der Waals surface area contributed by atoms with Gasteiger partial charge in [-0.1, -0.05) is 49.2 Å². The van der Waals surface area contributed by atoms with E-state index in [0.717, 1.165) is 29.0 Å². The van der Waals surface area contributed by atoms with Gasteiger partial charge in [0.2, 0.25) is 0 Å². The first-order valence-electron chi connectivity index (χ1n) is 14.7. The maximum atomic E-state index is 6.30. The van der Waals surface area contributed by atoms with Crippen LogP contribution in [-0.4, -0.2) is 25.4 Å². The lowest BCUT2D eigenvalue weighted by Crippen LogP contribution is -2.41. The van der Waals surface area contributed by atoms with E-state index >= 15 is 0 Å². The van der Waals surface area contributed by atoms with Crippen LogP contribution in [-0.2, 0) is 14.7 Å².